The molecule has 0 bridgehead atoms. The largest absolute Gasteiger partial charge is 0.301 e. The molecule has 1 nitrogen and oxygen atoms in total. The fourth-order valence-electron chi connectivity index (χ4n) is 1.42. The maximum atomic E-state index is 3.98. The van der Waals surface area contributed by atoms with Gasteiger partial charge in [0, 0.05) is 19.7 Å². The minimum absolute atomic E-state index is 0.949. The Morgan fingerprint density at radius 3 is 2.36 bits per heavy atom. The third kappa shape index (κ3) is 3.73. The first-order valence-electron chi connectivity index (χ1n) is 5.35. The van der Waals surface area contributed by atoms with Crippen molar-refractivity contribution in [2.24, 2.45) is 4.99 Å². The fourth-order valence-corrected chi connectivity index (χ4v) is 1.42. The van der Waals surface area contributed by atoms with E-state index in [0.29, 0.717) is 0 Å². The van der Waals surface area contributed by atoms with Crippen LogP contribution in [0.2, 0.25) is 0 Å². The van der Waals surface area contributed by atoms with E-state index in [1.165, 1.54) is 30.4 Å². The molecule has 0 fully saturated rings. The van der Waals surface area contributed by atoms with Gasteiger partial charge in [0.05, 0.1) is 0 Å². The number of hydrogen-bond acceptors (Lipinski definition) is 1. The molecule has 1 aromatic rings. The van der Waals surface area contributed by atoms with E-state index in [-0.39, 0.29) is 0 Å². The van der Waals surface area contributed by atoms with E-state index in [2.05, 4.69) is 36.2 Å². The fraction of sp³-hybridized carbons (Fsp3) is 0.462. The Balaban J connectivity index is 2.50. The maximum absolute atomic E-state index is 3.98. The van der Waals surface area contributed by atoms with Crippen molar-refractivity contribution < 1.29 is 0 Å². The summed E-state index contributed by atoms with van der Waals surface area (Å²) < 4.78 is 0. The van der Waals surface area contributed by atoms with E-state index in [1.54, 1.807) is 0 Å². The van der Waals surface area contributed by atoms with Crippen LogP contribution in [0.5, 0.6) is 0 Å². The second-order valence-corrected chi connectivity index (χ2v) is 3.56. The minimum atomic E-state index is 0.949. The lowest BCUT2D eigenvalue weighted by molar-refractivity contribution is 0.795. The SMILES string of the molecule is CCCCc1ccc(C/C=N\C)cc1. The average molecular weight is 189 g/mol. The highest BCUT2D eigenvalue weighted by atomic mass is 14.6. The van der Waals surface area contributed by atoms with Gasteiger partial charge >= 0.3 is 0 Å². The number of benzene rings is 1. The Morgan fingerprint density at radius 2 is 1.79 bits per heavy atom. The minimum Gasteiger partial charge on any atom is -0.301 e. The molecule has 0 spiro atoms. The zero-order valence-corrected chi connectivity index (χ0v) is 9.16. The topological polar surface area (TPSA) is 12.4 Å². The van der Waals surface area contributed by atoms with Crippen molar-refractivity contribution in [1.29, 1.82) is 0 Å². The summed E-state index contributed by atoms with van der Waals surface area (Å²) in [5.41, 5.74) is 2.79. The molecule has 1 heteroatoms. The molecule has 0 unspecified atom stereocenters. The van der Waals surface area contributed by atoms with Crippen LogP contribution >= 0.6 is 0 Å². The summed E-state index contributed by atoms with van der Waals surface area (Å²) in [5, 5.41) is 0. The third-order valence-electron chi connectivity index (χ3n) is 2.35. The highest BCUT2D eigenvalue weighted by Gasteiger charge is 1.93. The zero-order chi connectivity index (χ0) is 10.2. The van der Waals surface area contributed by atoms with Crippen LogP contribution in [0.25, 0.3) is 0 Å². The summed E-state index contributed by atoms with van der Waals surface area (Å²) in [6.45, 7) is 2.23. The third-order valence-corrected chi connectivity index (χ3v) is 2.35. The Kier molecular flexibility index (Phi) is 4.98. The lowest BCUT2D eigenvalue weighted by atomic mass is 10.1. The Bertz CT molecular complexity index is 272. The van der Waals surface area contributed by atoms with E-state index < -0.39 is 0 Å². The molecule has 0 saturated heterocycles. The molecule has 0 amide bonds. The standard InChI is InChI=1S/C13H19N/c1-3-4-5-12-6-8-13(9-7-12)10-11-14-2/h6-9,11H,3-5,10H2,1-2H3/b14-11-. The lowest BCUT2D eigenvalue weighted by Gasteiger charge is -2.01. The lowest BCUT2D eigenvalue weighted by Crippen LogP contribution is -1.88. The number of unbranched alkanes of at least 4 members (excludes halogenated alkanes) is 1. The van der Waals surface area contributed by atoms with Crippen LogP contribution in [0, 0.1) is 0 Å². The van der Waals surface area contributed by atoms with Crippen molar-refractivity contribution in [2.75, 3.05) is 7.05 Å². The van der Waals surface area contributed by atoms with Gasteiger partial charge in [-0.3, -0.25) is 0 Å². The van der Waals surface area contributed by atoms with E-state index in [9.17, 15) is 0 Å². The van der Waals surface area contributed by atoms with Crippen molar-refractivity contribution in [1.82, 2.24) is 0 Å². The van der Waals surface area contributed by atoms with Crippen molar-refractivity contribution in [3.05, 3.63) is 35.4 Å². The average Bonchev–Trinajstić information content (AvgIpc) is 2.25. The van der Waals surface area contributed by atoms with Gasteiger partial charge < -0.3 is 4.99 Å². The van der Waals surface area contributed by atoms with Crippen LogP contribution < -0.4 is 0 Å². The van der Waals surface area contributed by atoms with Crippen LogP contribution in [-0.2, 0) is 12.8 Å². The van der Waals surface area contributed by atoms with Crippen LogP contribution in [0.15, 0.2) is 29.3 Å². The molecule has 0 aliphatic heterocycles. The molecule has 14 heavy (non-hydrogen) atoms. The van der Waals surface area contributed by atoms with Crippen molar-refractivity contribution >= 4 is 6.21 Å². The van der Waals surface area contributed by atoms with Gasteiger partial charge in [0.15, 0.2) is 0 Å². The molecule has 0 radical (unpaired) electrons. The van der Waals surface area contributed by atoms with Gasteiger partial charge in [0.2, 0.25) is 0 Å². The Hall–Kier alpha value is -1.11. The van der Waals surface area contributed by atoms with Gasteiger partial charge in [-0.2, -0.15) is 0 Å². The number of hydrogen-bond donors (Lipinski definition) is 0. The first-order chi connectivity index (χ1) is 6.86. The number of aliphatic imine (C=N–C) groups is 1. The van der Waals surface area contributed by atoms with Crippen molar-refractivity contribution in [3.8, 4) is 0 Å². The number of aryl methyl sites for hydroxylation is 1. The van der Waals surface area contributed by atoms with Gasteiger partial charge in [0.25, 0.3) is 0 Å². The number of nitrogens with zero attached hydrogens (tertiary/aromatic N) is 1. The van der Waals surface area contributed by atoms with Crippen LogP contribution in [0.1, 0.15) is 30.9 Å². The van der Waals surface area contributed by atoms with E-state index in [4.69, 9.17) is 0 Å². The summed E-state index contributed by atoms with van der Waals surface area (Å²) in [6, 6.07) is 8.86. The molecule has 1 aromatic carbocycles. The molecule has 0 saturated carbocycles. The molecule has 76 valence electrons. The summed E-state index contributed by atoms with van der Waals surface area (Å²) in [5.74, 6) is 0. The number of rotatable bonds is 5. The second-order valence-electron chi connectivity index (χ2n) is 3.56. The molecular formula is C13H19N. The molecule has 0 atom stereocenters. The monoisotopic (exact) mass is 189 g/mol. The quantitative estimate of drug-likeness (QED) is 0.630. The first-order valence-corrected chi connectivity index (χ1v) is 5.35. The molecular weight excluding hydrogens is 170 g/mol. The molecule has 0 heterocycles. The summed E-state index contributed by atoms with van der Waals surface area (Å²) >= 11 is 0. The van der Waals surface area contributed by atoms with Gasteiger partial charge in [0.1, 0.15) is 0 Å². The maximum Gasteiger partial charge on any atom is 0.0273 e. The van der Waals surface area contributed by atoms with Gasteiger partial charge in [-0.15, -0.1) is 0 Å². The van der Waals surface area contributed by atoms with Gasteiger partial charge in [-0.25, -0.2) is 0 Å². The summed E-state index contributed by atoms with van der Waals surface area (Å²) in [6.07, 6.45) is 6.66. The normalized spacial score (nSPS) is 11.0. The second kappa shape index (κ2) is 6.36. The van der Waals surface area contributed by atoms with Gasteiger partial charge in [-0.1, -0.05) is 37.6 Å². The molecule has 0 aliphatic carbocycles. The Labute approximate surface area is 86.9 Å². The summed E-state index contributed by atoms with van der Waals surface area (Å²) in [4.78, 5) is 3.98. The van der Waals surface area contributed by atoms with Gasteiger partial charge in [-0.05, 0) is 24.0 Å². The Morgan fingerprint density at radius 1 is 1.14 bits per heavy atom. The molecule has 0 aromatic heterocycles. The van der Waals surface area contributed by atoms with Crippen molar-refractivity contribution in [3.63, 3.8) is 0 Å². The summed E-state index contributed by atoms with van der Waals surface area (Å²) in [7, 11) is 1.82. The van der Waals surface area contributed by atoms with E-state index in [0.717, 1.165) is 6.42 Å². The van der Waals surface area contributed by atoms with E-state index >= 15 is 0 Å². The predicted molar refractivity (Wildman–Crippen MR) is 63.2 cm³/mol. The predicted octanol–water partition coefficient (Wildman–Crippen LogP) is 3.27. The van der Waals surface area contributed by atoms with Crippen LogP contribution in [0.3, 0.4) is 0 Å². The van der Waals surface area contributed by atoms with Crippen molar-refractivity contribution in [2.45, 2.75) is 32.6 Å². The highest BCUT2D eigenvalue weighted by molar-refractivity contribution is 5.61. The zero-order valence-electron chi connectivity index (χ0n) is 9.16. The first kappa shape index (κ1) is 11.0. The molecule has 1 rings (SSSR count). The molecule has 0 aliphatic rings. The molecule has 0 N–H and O–H groups in total. The smallest absolute Gasteiger partial charge is 0.0273 e. The van der Waals surface area contributed by atoms with Crippen LogP contribution in [0.4, 0.5) is 0 Å². The highest BCUT2D eigenvalue weighted by Crippen LogP contribution is 2.07. The van der Waals surface area contributed by atoms with E-state index in [1.807, 2.05) is 13.3 Å². The van der Waals surface area contributed by atoms with Crippen LogP contribution in [-0.4, -0.2) is 13.3 Å².